The van der Waals surface area contributed by atoms with Crippen LogP contribution in [-0.4, -0.2) is 27.3 Å². The molecule has 2 rings (SSSR count). The SMILES string of the molecule is CCC=C(S(=O)(=O)C1CCCCC1)S(=O)(=O)C1CCCCC1. The zero-order chi connectivity index (χ0) is 16.2. The van der Waals surface area contributed by atoms with Crippen LogP contribution in [0.25, 0.3) is 0 Å². The van der Waals surface area contributed by atoms with Crippen LogP contribution in [0.1, 0.15) is 77.6 Å². The van der Waals surface area contributed by atoms with Gasteiger partial charge < -0.3 is 0 Å². The van der Waals surface area contributed by atoms with Gasteiger partial charge in [-0.25, -0.2) is 16.8 Å². The highest BCUT2D eigenvalue weighted by Crippen LogP contribution is 2.35. The summed E-state index contributed by atoms with van der Waals surface area (Å²) in [5.41, 5.74) is 0. The first-order valence-electron chi connectivity index (χ1n) is 8.58. The molecule has 2 saturated carbocycles. The van der Waals surface area contributed by atoms with Crippen LogP contribution in [0.4, 0.5) is 0 Å². The first-order chi connectivity index (χ1) is 10.4. The van der Waals surface area contributed by atoms with E-state index in [4.69, 9.17) is 0 Å². The lowest BCUT2D eigenvalue weighted by Gasteiger charge is -2.27. The van der Waals surface area contributed by atoms with Crippen LogP contribution < -0.4 is 0 Å². The van der Waals surface area contributed by atoms with Crippen LogP contribution >= 0.6 is 0 Å². The summed E-state index contributed by atoms with van der Waals surface area (Å²) in [6.45, 7) is 1.80. The van der Waals surface area contributed by atoms with Gasteiger partial charge in [-0.1, -0.05) is 51.5 Å². The third kappa shape index (κ3) is 3.75. The van der Waals surface area contributed by atoms with Crippen molar-refractivity contribution in [2.24, 2.45) is 0 Å². The number of rotatable bonds is 5. The molecule has 4 nitrogen and oxygen atoms in total. The molecule has 0 atom stereocenters. The van der Waals surface area contributed by atoms with E-state index in [9.17, 15) is 16.8 Å². The predicted octanol–water partition coefficient (Wildman–Crippen LogP) is 3.73. The van der Waals surface area contributed by atoms with Crippen LogP contribution in [0, 0.1) is 0 Å². The predicted molar refractivity (Wildman–Crippen MR) is 90.0 cm³/mol. The first kappa shape index (κ1) is 18.0. The van der Waals surface area contributed by atoms with Gasteiger partial charge in [0.1, 0.15) is 0 Å². The Balaban J connectivity index is 2.34. The molecule has 0 aliphatic heterocycles. The molecule has 2 fully saturated rings. The molecule has 2 aliphatic rings. The van der Waals surface area contributed by atoms with E-state index in [-0.39, 0.29) is 4.24 Å². The van der Waals surface area contributed by atoms with Gasteiger partial charge in [0.05, 0.1) is 10.5 Å². The summed E-state index contributed by atoms with van der Waals surface area (Å²) in [5.74, 6) is 0. The molecule has 128 valence electrons. The summed E-state index contributed by atoms with van der Waals surface area (Å²) < 4.78 is 51.4. The highest BCUT2D eigenvalue weighted by atomic mass is 32.3. The van der Waals surface area contributed by atoms with Gasteiger partial charge in [0.25, 0.3) is 0 Å². The summed E-state index contributed by atoms with van der Waals surface area (Å²) in [6, 6.07) is 0. The topological polar surface area (TPSA) is 68.3 Å². The van der Waals surface area contributed by atoms with Crippen molar-refractivity contribution in [1.82, 2.24) is 0 Å². The quantitative estimate of drug-likeness (QED) is 0.759. The number of allylic oxidation sites excluding steroid dienone is 1. The molecule has 0 unspecified atom stereocenters. The van der Waals surface area contributed by atoms with E-state index in [1.807, 2.05) is 0 Å². The zero-order valence-corrected chi connectivity index (χ0v) is 15.1. The Morgan fingerprint density at radius 2 is 1.14 bits per heavy atom. The second-order valence-electron chi connectivity index (χ2n) is 6.54. The summed E-state index contributed by atoms with van der Waals surface area (Å²) in [6.07, 6.45) is 9.91. The summed E-state index contributed by atoms with van der Waals surface area (Å²) in [7, 11) is -7.44. The molecular weight excluding hydrogens is 320 g/mol. The van der Waals surface area contributed by atoms with Crippen molar-refractivity contribution in [3.05, 3.63) is 10.3 Å². The minimum absolute atomic E-state index is 0.263. The minimum Gasteiger partial charge on any atom is -0.223 e. The van der Waals surface area contributed by atoms with Gasteiger partial charge in [-0.3, -0.25) is 0 Å². The molecule has 0 heterocycles. The number of hydrogen-bond acceptors (Lipinski definition) is 4. The molecule has 0 spiro atoms. The van der Waals surface area contributed by atoms with E-state index in [2.05, 4.69) is 0 Å². The van der Waals surface area contributed by atoms with Crippen LogP contribution in [0.3, 0.4) is 0 Å². The Hall–Kier alpha value is -0.360. The van der Waals surface area contributed by atoms with E-state index >= 15 is 0 Å². The van der Waals surface area contributed by atoms with Gasteiger partial charge in [0.2, 0.25) is 0 Å². The summed E-state index contributed by atoms with van der Waals surface area (Å²) in [4.78, 5) is 0. The van der Waals surface area contributed by atoms with E-state index in [1.165, 1.54) is 6.08 Å². The lowest BCUT2D eigenvalue weighted by molar-refractivity contribution is 0.482. The Bertz CT molecular complexity index is 540. The number of hydrogen-bond donors (Lipinski definition) is 0. The van der Waals surface area contributed by atoms with Crippen molar-refractivity contribution in [2.75, 3.05) is 0 Å². The van der Waals surface area contributed by atoms with Crippen LogP contribution in [0.2, 0.25) is 0 Å². The van der Waals surface area contributed by atoms with Crippen molar-refractivity contribution >= 4 is 19.7 Å². The summed E-state index contributed by atoms with van der Waals surface area (Å²) >= 11 is 0. The molecule has 22 heavy (non-hydrogen) atoms. The molecule has 6 heteroatoms. The van der Waals surface area contributed by atoms with Crippen molar-refractivity contribution in [1.29, 1.82) is 0 Å². The normalized spacial score (nSPS) is 22.4. The standard InChI is InChI=1S/C16H28O4S2/c1-2-9-16(21(17,18)14-10-5-3-6-11-14)22(19,20)15-12-7-4-8-13-15/h9,14-15H,2-8,10-13H2,1H3. The Morgan fingerprint density at radius 1 is 0.773 bits per heavy atom. The van der Waals surface area contributed by atoms with Crippen LogP contribution in [0.15, 0.2) is 10.3 Å². The first-order valence-corrected chi connectivity index (χ1v) is 11.7. The molecule has 0 aromatic carbocycles. The van der Waals surface area contributed by atoms with Crippen molar-refractivity contribution in [2.45, 2.75) is 88.1 Å². The maximum atomic E-state index is 12.9. The molecule has 0 N–H and O–H groups in total. The molecular formula is C16H28O4S2. The van der Waals surface area contributed by atoms with Gasteiger partial charge >= 0.3 is 0 Å². The Labute approximate surface area is 135 Å². The van der Waals surface area contributed by atoms with E-state index in [1.54, 1.807) is 6.92 Å². The third-order valence-corrected chi connectivity index (χ3v) is 10.5. The van der Waals surface area contributed by atoms with Gasteiger partial charge in [0, 0.05) is 0 Å². The molecule has 0 amide bonds. The smallest absolute Gasteiger partial charge is 0.191 e. The molecule has 0 bridgehead atoms. The second-order valence-corrected chi connectivity index (χ2v) is 11.2. The fraction of sp³-hybridized carbons (Fsp3) is 0.875. The average Bonchev–Trinajstić information content (AvgIpc) is 2.54. The molecule has 0 radical (unpaired) electrons. The Kier molecular flexibility index (Phi) is 6.11. The van der Waals surface area contributed by atoms with Gasteiger partial charge in [-0.05, 0) is 32.1 Å². The lowest BCUT2D eigenvalue weighted by Crippen LogP contribution is -2.33. The maximum absolute atomic E-state index is 12.9. The second kappa shape index (κ2) is 7.47. The fourth-order valence-electron chi connectivity index (χ4n) is 3.64. The summed E-state index contributed by atoms with van der Waals surface area (Å²) in [5, 5.41) is -1.00. The Morgan fingerprint density at radius 3 is 1.45 bits per heavy atom. The maximum Gasteiger partial charge on any atom is 0.191 e. The largest absolute Gasteiger partial charge is 0.223 e. The van der Waals surface area contributed by atoms with E-state index in [0.717, 1.165) is 38.5 Å². The zero-order valence-electron chi connectivity index (χ0n) is 13.5. The molecule has 0 saturated heterocycles. The van der Waals surface area contributed by atoms with E-state index < -0.39 is 30.2 Å². The number of sulfone groups is 2. The fourth-order valence-corrected chi connectivity index (χ4v) is 9.11. The van der Waals surface area contributed by atoms with Crippen LogP contribution in [-0.2, 0) is 19.7 Å². The van der Waals surface area contributed by atoms with Crippen molar-refractivity contribution in [3.8, 4) is 0 Å². The third-order valence-electron chi connectivity index (χ3n) is 4.91. The highest BCUT2D eigenvalue weighted by molar-refractivity contribution is 8.14. The van der Waals surface area contributed by atoms with Crippen molar-refractivity contribution in [3.63, 3.8) is 0 Å². The highest BCUT2D eigenvalue weighted by Gasteiger charge is 2.41. The van der Waals surface area contributed by atoms with Crippen LogP contribution in [0.5, 0.6) is 0 Å². The van der Waals surface area contributed by atoms with Crippen molar-refractivity contribution < 1.29 is 16.8 Å². The minimum atomic E-state index is -3.72. The molecule has 0 aromatic rings. The lowest BCUT2D eigenvalue weighted by atomic mass is 10.0. The molecule has 2 aliphatic carbocycles. The monoisotopic (exact) mass is 348 g/mol. The molecule has 0 aromatic heterocycles. The average molecular weight is 349 g/mol. The van der Waals surface area contributed by atoms with E-state index in [0.29, 0.717) is 32.1 Å². The van der Waals surface area contributed by atoms with Gasteiger partial charge in [-0.15, -0.1) is 0 Å². The van der Waals surface area contributed by atoms with Gasteiger partial charge in [-0.2, -0.15) is 0 Å². The van der Waals surface area contributed by atoms with Gasteiger partial charge in [0.15, 0.2) is 23.9 Å².